The van der Waals surface area contributed by atoms with Gasteiger partial charge < -0.3 is 14.8 Å². The smallest absolute Gasteiger partial charge is 0.416 e. The number of carbonyl (C=O) groups excluding carboxylic acids is 2. The van der Waals surface area contributed by atoms with Gasteiger partial charge in [0.2, 0.25) is 0 Å². The minimum absolute atomic E-state index is 0.182. The molecule has 28 heavy (non-hydrogen) atoms. The van der Waals surface area contributed by atoms with Gasteiger partial charge in [-0.15, -0.1) is 0 Å². The Hall–Kier alpha value is -3.29. The lowest BCUT2D eigenvalue weighted by Crippen LogP contribution is -2.20. The minimum atomic E-state index is -4.47. The van der Waals surface area contributed by atoms with Crippen LogP contribution < -0.4 is 10.1 Å². The number of carbonyl (C=O) groups is 2. The standard InChI is InChI=1S/C20H18F3NO4/c1-2-27-17-9-4-3-8-16(17)24-18(25)13-28-19(26)11-10-14-6-5-7-15(12-14)20(21,22)23/h3-12H,2,13H2,1H3,(H,24,25)/b11-10+. The summed E-state index contributed by atoms with van der Waals surface area (Å²) in [5.74, 6) is -0.951. The van der Waals surface area contributed by atoms with Crippen LogP contribution in [0.1, 0.15) is 18.1 Å². The third kappa shape index (κ3) is 6.46. The fraction of sp³-hybridized carbons (Fsp3) is 0.200. The van der Waals surface area contributed by atoms with Crippen molar-refractivity contribution in [1.29, 1.82) is 0 Å². The molecule has 0 aliphatic heterocycles. The normalized spacial score (nSPS) is 11.3. The van der Waals surface area contributed by atoms with Crippen molar-refractivity contribution in [3.05, 3.63) is 65.7 Å². The van der Waals surface area contributed by atoms with Crippen LogP contribution in [0.4, 0.5) is 18.9 Å². The van der Waals surface area contributed by atoms with Gasteiger partial charge in [-0.2, -0.15) is 13.2 Å². The fourth-order valence-corrected chi connectivity index (χ4v) is 2.21. The largest absolute Gasteiger partial charge is 0.492 e. The van der Waals surface area contributed by atoms with Gasteiger partial charge >= 0.3 is 12.1 Å². The summed E-state index contributed by atoms with van der Waals surface area (Å²) in [6, 6.07) is 11.3. The zero-order chi connectivity index (χ0) is 20.6. The Labute approximate surface area is 159 Å². The average molecular weight is 393 g/mol. The summed E-state index contributed by atoms with van der Waals surface area (Å²) in [6.07, 6.45) is -2.34. The molecule has 0 spiro atoms. The molecule has 0 unspecified atom stereocenters. The van der Waals surface area contributed by atoms with Gasteiger partial charge in [0.1, 0.15) is 5.75 Å². The summed E-state index contributed by atoms with van der Waals surface area (Å²) in [5, 5.41) is 2.56. The van der Waals surface area contributed by atoms with E-state index in [0.29, 0.717) is 18.0 Å². The van der Waals surface area contributed by atoms with Gasteiger partial charge in [0.25, 0.3) is 5.91 Å². The van der Waals surface area contributed by atoms with Crippen molar-refractivity contribution >= 4 is 23.6 Å². The molecule has 0 radical (unpaired) electrons. The average Bonchev–Trinajstić information content (AvgIpc) is 2.66. The molecule has 0 aliphatic carbocycles. The number of esters is 1. The van der Waals surface area contributed by atoms with E-state index in [0.717, 1.165) is 18.2 Å². The van der Waals surface area contributed by atoms with Crippen LogP contribution in [0, 0.1) is 0 Å². The highest BCUT2D eigenvalue weighted by Gasteiger charge is 2.30. The summed E-state index contributed by atoms with van der Waals surface area (Å²) in [4.78, 5) is 23.6. The highest BCUT2D eigenvalue weighted by atomic mass is 19.4. The Balaban J connectivity index is 1.89. The van der Waals surface area contributed by atoms with E-state index in [1.807, 2.05) is 0 Å². The fourth-order valence-electron chi connectivity index (χ4n) is 2.21. The van der Waals surface area contributed by atoms with Gasteiger partial charge in [-0.25, -0.2) is 4.79 Å². The van der Waals surface area contributed by atoms with Crippen LogP contribution in [-0.4, -0.2) is 25.1 Å². The van der Waals surface area contributed by atoms with E-state index in [2.05, 4.69) is 5.32 Å². The monoisotopic (exact) mass is 393 g/mol. The second kappa shape index (κ2) is 9.59. The predicted molar refractivity (Wildman–Crippen MR) is 97.7 cm³/mol. The lowest BCUT2D eigenvalue weighted by molar-refractivity contribution is -0.142. The number of hydrogen-bond donors (Lipinski definition) is 1. The third-order valence-corrected chi connectivity index (χ3v) is 3.43. The first kappa shape index (κ1) is 21.0. The highest BCUT2D eigenvalue weighted by Crippen LogP contribution is 2.29. The van der Waals surface area contributed by atoms with Gasteiger partial charge in [0.15, 0.2) is 6.61 Å². The SMILES string of the molecule is CCOc1ccccc1NC(=O)COC(=O)/C=C/c1cccc(C(F)(F)F)c1. The molecule has 148 valence electrons. The summed E-state index contributed by atoms with van der Waals surface area (Å²) in [7, 11) is 0. The number of amides is 1. The van der Waals surface area contributed by atoms with Gasteiger partial charge in [-0.05, 0) is 42.8 Å². The first-order valence-corrected chi connectivity index (χ1v) is 8.33. The van der Waals surface area contributed by atoms with Gasteiger partial charge in [-0.3, -0.25) is 4.79 Å². The number of alkyl halides is 3. The maximum atomic E-state index is 12.7. The van der Waals surface area contributed by atoms with Gasteiger partial charge in [-0.1, -0.05) is 24.3 Å². The second-order valence-corrected chi connectivity index (χ2v) is 5.54. The number of ether oxygens (including phenoxy) is 2. The number of benzene rings is 2. The van der Waals surface area contributed by atoms with Crippen LogP contribution in [0.5, 0.6) is 5.75 Å². The summed E-state index contributed by atoms with van der Waals surface area (Å²) >= 11 is 0. The molecule has 1 N–H and O–H groups in total. The zero-order valence-corrected chi connectivity index (χ0v) is 15.0. The molecule has 2 aromatic carbocycles. The molecule has 2 rings (SSSR count). The highest BCUT2D eigenvalue weighted by molar-refractivity contribution is 5.95. The van der Waals surface area contributed by atoms with Crippen LogP contribution >= 0.6 is 0 Å². The number of hydrogen-bond acceptors (Lipinski definition) is 4. The van der Waals surface area contributed by atoms with Crippen LogP contribution in [0.2, 0.25) is 0 Å². The molecule has 1 amide bonds. The van der Waals surface area contributed by atoms with Crippen molar-refractivity contribution in [1.82, 2.24) is 0 Å². The molecule has 0 aromatic heterocycles. The summed E-state index contributed by atoms with van der Waals surface area (Å²) in [5.41, 5.74) is -0.206. The predicted octanol–water partition coefficient (Wildman–Crippen LogP) is 4.30. The van der Waals surface area contributed by atoms with E-state index < -0.39 is 30.2 Å². The Morgan fingerprint density at radius 1 is 1.11 bits per heavy atom. The first-order chi connectivity index (χ1) is 13.3. The van der Waals surface area contributed by atoms with E-state index >= 15 is 0 Å². The molecule has 0 aliphatic rings. The number of anilines is 1. The minimum Gasteiger partial charge on any atom is -0.492 e. The first-order valence-electron chi connectivity index (χ1n) is 8.33. The van der Waals surface area contributed by atoms with E-state index in [1.165, 1.54) is 18.2 Å². The molecular weight excluding hydrogens is 375 g/mol. The van der Waals surface area contributed by atoms with Crippen LogP contribution in [0.15, 0.2) is 54.6 Å². The molecule has 2 aromatic rings. The molecule has 0 fully saturated rings. The molecule has 0 saturated carbocycles. The third-order valence-electron chi connectivity index (χ3n) is 3.43. The Kier molecular flexibility index (Phi) is 7.20. The van der Waals surface area contributed by atoms with E-state index in [-0.39, 0.29) is 5.56 Å². The molecule has 8 heteroatoms. The van der Waals surface area contributed by atoms with Crippen molar-refractivity contribution in [3.63, 3.8) is 0 Å². The second-order valence-electron chi connectivity index (χ2n) is 5.54. The van der Waals surface area contributed by atoms with Crippen LogP contribution in [-0.2, 0) is 20.5 Å². The van der Waals surface area contributed by atoms with Crippen molar-refractivity contribution in [2.24, 2.45) is 0 Å². The van der Waals surface area contributed by atoms with Crippen molar-refractivity contribution in [2.75, 3.05) is 18.5 Å². The number of para-hydroxylation sites is 2. The summed E-state index contributed by atoms with van der Waals surface area (Å²) in [6.45, 7) is 1.67. The zero-order valence-electron chi connectivity index (χ0n) is 15.0. The molecule has 0 atom stereocenters. The van der Waals surface area contributed by atoms with Crippen molar-refractivity contribution in [2.45, 2.75) is 13.1 Å². The Bertz CT molecular complexity index is 863. The Morgan fingerprint density at radius 3 is 2.57 bits per heavy atom. The number of rotatable bonds is 7. The van der Waals surface area contributed by atoms with E-state index in [9.17, 15) is 22.8 Å². The maximum Gasteiger partial charge on any atom is 0.416 e. The topological polar surface area (TPSA) is 64.6 Å². The molecule has 5 nitrogen and oxygen atoms in total. The van der Waals surface area contributed by atoms with Gasteiger partial charge in [0, 0.05) is 6.08 Å². The van der Waals surface area contributed by atoms with Crippen molar-refractivity contribution in [3.8, 4) is 5.75 Å². The number of halogens is 3. The van der Waals surface area contributed by atoms with Crippen molar-refractivity contribution < 1.29 is 32.2 Å². The lowest BCUT2D eigenvalue weighted by atomic mass is 10.1. The van der Waals surface area contributed by atoms with E-state index in [4.69, 9.17) is 9.47 Å². The van der Waals surface area contributed by atoms with Crippen LogP contribution in [0.25, 0.3) is 6.08 Å². The Morgan fingerprint density at radius 2 is 1.86 bits per heavy atom. The van der Waals surface area contributed by atoms with E-state index in [1.54, 1.807) is 31.2 Å². The molecule has 0 bridgehead atoms. The molecular formula is C20H18F3NO4. The van der Waals surface area contributed by atoms with Gasteiger partial charge in [0.05, 0.1) is 17.9 Å². The number of nitrogens with one attached hydrogen (secondary N) is 1. The lowest BCUT2D eigenvalue weighted by Gasteiger charge is -2.11. The quantitative estimate of drug-likeness (QED) is 0.563. The molecule has 0 heterocycles. The maximum absolute atomic E-state index is 12.7. The van der Waals surface area contributed by atoms with Crippen LogP contribution in [0.3, 0.4) is 0 Å². The molecule has 0 saturated heterocycles. The summed E-state index contributed by atoms with van der Waals surface area (Å²) < 4.78 is 48.2.